The van der Waals surface area contributed by atoms with Crippen LogP contribution in [-0.4, -0.2) is 49.2 Å². The Morgan fingerprint density at radius 1 is 1.02 bits per heavy atom. The maximum Gasteiger partial charge on any atom is 0.330 e. The van der Waals surface area contributed by atoms with Crippen molar-refractivity contribution in [3.05, 3.63) is 77.4 Å². The second kappa shape index (κ2) is 14.0. The number of benzene rings is 1. The van der Waals surface area contributed by atoms with Crippen LogP contribution in [0.5, 0.6) is 0 Å². The van der Waals surface area contributed by atoms with E-state index in [4.69, 9.17) is 23.7 Å². The van der Waals surface area contributed by atoms with Gasteiger partial charge in [-0.3, -0.25) is 0 Å². The maximum absolute atomic E-state index is 13.0. The highest BCUT2D eigenvalue weighted by molar-refractivity contribution is 5.82. The van der Waals surface area contributed by atoms with Gasteiger partial charge in [0.05, 0.1) is 43.2 Å². The second-order valence-corrected chi connectivity index (χ2v) is 12.2. The van der Waals surface area contributed by atoms with Crippen molar-refractivity contribution in [2.24, 2.45) is 11.8 Å². The molecule has 0 radical (unpaired) electrons. The largest absolute Gasteiger partial charge is 0.458 e. The van der Waals surface area contributed by atoms with E-state index in [1.165, 1.54) is 12.2 Å². The Morgan fingerprint density at radius 2 is 1.83 bits per heavy atom. The Kier molecular flexibility index (Phi) is 10.1. The number of nitriles is 1. The second-order valence-electron chi connectivity index (χ2n) is 12.2. The van der Waals surface area contributed by atoms with E-state index in [9.17, 15) is 10.1 Å². The van der Waals surface area contributed by atoms with Crippen molar-refractivity contribution in [2.75, 3.05) is 6.61 Å². The molecule has 0 spiro atoms. The summed E-state index contributed by atoms with van der Waals surface area (Å²) in [4.78, 5) is 13.0. The first-order chi connectivity index (χ1) is 20.3. The van der Waals surface area contributed by atoms with Crippen LogP contribution < -0.4 is 0 Å². The van der Waals surface area contributed by atoms with Gasteiger partial charge in [0.25, 0.3) is 0 Å². The zero-order chi connectivity index (χ0) is 29.6. The topological polar surface area (TPSA) is 87.0 Å². The van der Waals surface area contributed by atoms with Crippen LogP contribution >= 0.6 is 0 Å². The fourth-order valence-electron chi connectivity index (χ4n) is 6.73. The first-order valence-electron chi connectivity index (χ1n) is 15.2. The molecule has 7 heteroatoms. The van der Waals surface area contributed by atoms with Crippen molar-refractivity contribution in [1.29, 1.82) is 5.26 Å². The lowest BCUT2D eigenvalue weighted by molar-refractivity contribution is -0.225. The van der Waals surface area contributed by atoms with Gasteiger partial charge in [0, 0.05) is 36.0 Å². The highest BCUT2D eigenvalue weighted by Gasteiger charge is 2.43. The monoisotopic (exact) mass is 573 g/mol. The Bertz CT molecular complexity index is 1260. The molecule has 1 aromatic carbocycles. The lowest BCUT2D eigenvalue weighted by Crippen LogP contribution is -2.50. The summed E-state index contributed by atoms with van der Waals surface area (Å²) in [5, 5.41) is 9.29. The summed E-state index contributed by atoms with van der Waals surface area (Å²) in [6.45, 7) is 10.9. The van der Waals surface area contributed by atoms with Crippen molar-refractivity contribution in [3.8, 4) is 6.07 Å². The van der Waals surface area contributed by atoms with Crippen molar-refractivity contribution < 1.29 is 28.5 Å². The van der Waals surface area contributed by atoms with Gasteiger partial charge < -0.3 is 23.7 Å². The SMILES string of the molecule is C=C1C[C@@H]2C[C@@H]3CCO[C@@H](O3)c3cccc(c3)/C=C/C[C@H]3O[C@@H](/C(C)=C/C#N)[C@H](C)[C@@H](OC(=O)/C=C\C[C@@H](C1)O2)[C@H]3C. The van der Waals surface area contributed by atoms with E-state index in [2.05, 4.69) is 43.9 Å². The average molecular weight is 574 g/mol. The van der Waals surface area contributed by atoms with Crippen molar-refractivity contribution in [3.63, 3.8) is 0 Å². The van der Waals surface area contributed by atoms with E-state index in [0.29, 0.717) is 19.4 Å². The number of fused-ring (bicyclic) bond motifs is 9. The van der Waals surface area contributed by atoms with Crippen LogP contribution in [0, 0.1) is 23.2 Å². The molecule has 3 saturated heterocycles. The number of rotatable bonds is 1. The molecule has 4 aliphatic heterocycles. The van der Waals surface area contributed by atoms with Crippen LogP contribution in [-0.2, 0) is 28.5 Å². The van der Waals surface area contributed by atoms with Crippen molar-refractivity contribution in [1.82, 2.24) is 0 Å². The van der Waals surface area contributed by atoms with Crippen LogP contribution in [0.3, 0.4) is 0 Å². The third-order valence-electron chi connectivity index (χ3n) is 8.90. The number of nitrogens with zero attached hydrogens (tertiary/aromatic N) is 1. The third-order valence-corrected chi connectivity index (χ3v) is 8.90. The molecule has 0 unspecified atom stereocenters. The van der Waals surface area contributed by atoms with E-state index in [1.54, 1.807) is 0 Å². The summed E-state index contributed by atoms with van der Waals surface area (Å²) < 4.78 is 31.5. The summed E-state index contributed by atoms with van der Waals surface area (Å²) in [6, 6.07) is 10.4. The minimum Gasteiger partial charge on any atom is -0.458 e. The standard InChI is InChI=1S/C35H43NO6/c1-22-18-28-11-7-13-32(37)42-34-24(3)31(41-33(25(34)4)23(2)14-16-36)12-6-9-26-8-5-10-27(20-26)35-38-17-15-29(40-35)21-30(19-22)39-28/h5-10,13-14,20,24-25,28-31,33-35H,1,11-12,15,17-19,21H2,2-4H3/b9-6+,13-7-,23-14+/t24-,25-,28-,29-,30+,31+,33-,34-,35-/m0/s1. The fourth-order valence-corrected chi connectivity index (χ4v) is 6.73. The molecule has 9 atom stereocenters. The lowest BCUT2D eigenvalue weighted by Gasteiger charge is -2.44. The minimum absolute atomic E-state index is 0.0197. The van der Waals surface area contributed by atoms with E-state index in [0.717, 1.165) is 48.0 Å². The van der Waals surface area contributed by atoms with E-state index < -0.39 is 6.29 Å². The zero-order valence-electron chi connectivity index (χ0n) is 24.9. The molecule has 0 aliphatic carbocycles. The van der Waals surface area contributed by atoms with Crippen LogP contribution in [0.4, 0.5) is 0 Å². The first kappa shape index (κ1) is 30.4. The van der Waals surface area contributed by atoms with Crippen LogP contribution in [0.15, 0.2) is 66.3 Å². The van der Waals surface area contributed by atoms with Crippen molar-refractivity contribution in [2.45, 2.75) is 102 Å². The highest BCUT2D eigenvalue weighted by atomic mass is 16.7. The molecular formula is C35H43NO6. The number of esters is 1. The Balaban J connectivity index is 1.43. The van der Waals surface area contributed by atoms with Gasteiger partial charge >= 0.3 is 5.97 Å². The van der Waals surface area contributed by atoms with Gasteiger partial charge in [0.15, 0.2) is 6.29 Å². The van der Waals surface area contributed by atoms with Gasteiger partial charge in [-0.05, 0) is 56.2 Å². The molecule has 0 N–H and O–H groups in total. The molecule has 0 amide bonds. The fraction of sp³-hybridized carbons (Fsp3) is 0.543. The molecule has 0 saturated carbocycles. The van der Waals surface area contributed by atoms with Gasteiger partial charge in [-0.1, -0.05) is 62.4 Å². The predicted molar refractivity (Wildman–Crippen MR) is 160 cm³/mol. The Hall–Kier alpha value is -3.02. The molecule has 42 heavy (non-hydrogen) atoms. The van der Waals surface area contributed by atoms with E-state index in [-0.39, 0.29) is 54.4 Å². The lowest BCUT2D eigenvalue weighted by atomic mass is 9.79. The molecule has 3 fully saturated rings. The van der Waals surface area contributed by atoms with Crippen molar-refractivity contribution >= 4 is 12.0 Å². The molecule has 5 rings (SSSR count). The Labute approximate surface area is 249 Å². The van der Waals surface area contributed by atoms with Crippen LogP contribution in [0.2, 0.25) is 0 Å². The van der Waals surface area contributed by atoms with Gasteiger partial charge in [-0.25, -0.2) is 4.79 Å². The molecule has 0 aromatic heterocycles. The van der Waals surface area contributed by atoms with Gasteiger partial charge in [0.2, 0.25) is 0 Å². The summed E-state index contributed by atoms with van der Waals surface area (Å²) in [5.74, 6) is -0.517. The summed E-state index contributed by atoms with van der Waals surface area (Å²) in [7, 11) is 0. The molecule has 4 heterocycles. The van der Waals surface area contributed by atoms with Gasteiger partial charge in [0.1, 0.15) is 6.10 Å². The molecule has 4 aliphatic rings. The summed E-state index contributed by atoms with van der Waals surface area (Å²) in [6.07, 6.45) is 12.2. The average Bonchev–Trinajstić information content (AvgIpc) is 2.96. The Morgan fingerprint density at radius 3 is 2.67 bits per heavy atom. The molecule has 224 valence electrons. The zero-order valence-corrected chi connectivity index (χ0v) is 24.9. The number of hydrogen-bond donors (Lipinski definition) is 0. The van der Waals surface area contributed by atoms with Gasteiger partial charge in [-0.2, -0.15) is 5.26 Å². The van der Waals surface area contributed by atoms with Crippen LogP contribution in [0.25, 0.3) is 6.08 Å². The van der Waals surface area contributed by atoms with E-state index >= 15 is 0 Å². The highest BCUT2D eigenvalue weighted by Crippen LogP contribution is 2.38. The third kappa shape index (κ3) is 7.48. The number of carbonyl (C=O) groups is 1. The predicted octanol–water partition coefficient (Wildman–Crippen LogP) is 6.77. The van der Waals surface area contributed by atoms with Crippen LogP contribution in [0.1, 0.15) is 76.7 Å². The molecule has 8 bridgehead atoms. The number of allylic oxidation sites excluding steroid dienone is 1. The summed E-state index contributed by atoms with van der Waals surface area (Å²) >= 11 is 0. The maximum atomic E-state index is 13.0. The molecule has 7 nitrogen and oxygen atoms in total. The number of hydrogen-bond acceptors (Lipinski definition) is 7. The molecular weight excluding hydrogens is 530 g/mol. The number of carbonyl (C=O) groups excluding carboxylic acids is 1. The van der Waals surface area contributed by atoms with E-state index in [1.807, 2.05) is 32.1 Å². The minimum atomic E-state index is -0.417. The first-order valence-corrected chi connectivity index (χ1v) is 15.2. The number of ether oxygens (including phenoxy) is 5. The summed E-state index contributed by atoms with van der Waals surface area (Å²) in [5.41, 5.74) is 4.03. The molecule has 1 aromatic rings. The van der Waals surface area contributed by atoms with Gasteiger partial charge in [-0.15, -0.1) is 0 Å². The quantitative estimate of drug-likeness (QED) is 0.208. The smallest absolute Gasteiger partial charge is 0.330 e. The normalized spacial score (nSPS) is 37.9.